The first-order chi connectivity index (χ1) is 8.69. The van der Waals surface area contributed by atoms with Gasteiger partial charge in [-0.05, 0) is 28.4 Å². The molecule has 100 valence electrons. The van der Waals surface area contributed by atoms with E-state index in [2.05, 4.69) is 20.9 Å². The Kier molecular flexibility index (Phi) is 6.85. The Morgan fingerprint density at radius 2 is 2.28 bits per heavy atom. The Morgan fingerprint density at radius 1 is 1.50 bits per heavy atom. The maximum Gasteiger partial charge on any atom is 0.255 e. The molecule has 0 bridgehead atoms. The van der Waals surface area contributed by atoms with E-state index in [9.17, 15) is 4.79 Å². The summed E-state index contributed by atoms with van der Waals surface area (Å²) >= 11 is 3.28. The fourth-order valence-corrected chi connectivity index (χ4v) is 1.91. The van der Waals surface area contributed by atoms with Gasteiger partial charge in [0.25, 0.3) is 5.91 Å². The predicted molar refractivity (Wildman–Crippen MR) is 71.4 cm³/mol. The number of carbonyl (C=O) groups excluding carboxylic acids is 1. The second-order valence-corrected chi connectivity index (χ2v) is 4.67. The number of pyridine rings is 1. The van der Waals surface area contributed by atoms with E-state index in [1.807, 2.05) is 0 Å². The monoisotopic (exact) mass is 316 g/mol. The van der Waals surface area contributed by atoms with Crippen LogP contribution >= 0.6 is 15.9 Å². The predicted octanol–water partition coefficient (Wildman–Crippen LogP) is 1.32. The van der Waals surface area contributed by atoms with E-state index < -0.39 is 0 Å². The molecule has 0 fully saturated rings. The summed E-state index contributed by atoms with van der Waals surface area (Å²) in [6.07, 6.45) is 3.88. The third-order valence-corrected chi connectivity index (χ3v) is 2.82. The molecule has 0 atom stereocenters. The number of methoxy groups -OCH3 is 1. The van der Waals surface area contributed by atoms with Crippen molar-refractivity contribution in [3.8, 4) is 0 Å². The van der Waals surface area contributed by atoms with Gasteiger partial charge in [0.2, 0.25) is 0 Å². The van der Waals surface area contributed by atoms with Crippen molar-refractivity contribution in [3.63, 3.8) is 0 Å². The zero-order valence-corrected chi connectivity index (χ0v) is 11.9. The summed E-state index contributed by atoms with van der Waals surface area (Å²) in [5, 5.41) is 8.99. The number of ether oxygens (including phenoxy) is 1. The number of carbonyl (C=O) groups is 1. The van der Waals surface area contributed by atoms with Crippen molar-refractivity contribution in [2.75, 3.05) is 33.4 Å². The molecule has 0 aliphatic heterocycles. The highest BCUT2D eigenvalue weighted by molar-refractivity contribution is 9.10. The van der Waals surface area contributed by atoms with Crippen LogP contribution in [0.4, 0.5) is 0 Å². The molecule has 1 rings (SSSR count). The Labute approximate surface area is 115 Å². The largest absolute Gasteiger partial charge is 0.395 e. The van der Waals surface area contributed by atoms with E-state index in [0.717, 1.165) is 10.9 Å². The van der Waals surface area contributed by atoms with Crippen LogP contribution in [0.2, 0.25) is 0 Å². The summed E-state index contributed by atoms with van der Waals surface area (Å²) < 4.78 is 5.71. The van der Waals surface area contributed by atoms with E-state index in [-0.39, 0.29) is 12.5 Å². The molecule has 0 spiro atoms. The topological polar surface area (TPSA) is 62.7 Å². The first kappa shape index (κ1) is 15.1. The average Bonchev–Trinajstić information content (AvgIpc) is 2.37. The molecule has 5 nitrogen and oxygen atoms in total. The summed E-state index contributed by atoms with van der Waals surface area (Å²) in [6.45, 7) is 1.40. The average molecular weight is 317 g/mol. The van der Waals surface area contributed by atoms with Crippen LogP contribution in [0.5, 0.6) is 0 Å². The number of hydrogen-bond acceptors (Lipinski definition) is 4. The van der Waals surface area contributed by atoms with Gasteiger partial charge in [0.1, 0.15) is 0 Å². The molecule has 18 heavy (non-hydrogen) atoms. The van der Waals surface area contributed by atoms with Crippen molar-refractivity contribution < 1.29 is 14.6 Å². The molecule has 1 N–H and O–H groups in total. The van der Waals surface area contributed by atoms with Crippen molar-refractivity contribution in [2.24, 2.45) is 0 Å². The maximum atomic E-state index is 12.2. The SMILES string of the molecule is COCCCN(CCO)C(=O)c1cncc(Br)c1. The Balaban J connectivity index is 2.69. The molecule has 1 amide bonds. The van der Waals surface area contributed by atoms with Gasteiger partial charge in [0.05, 0.1) is 12.2 Å². The van der Waals surface area contributed by atoms with E-state index in [4.69, 9.17) is 9.84 Å². The van der Waals surface area contributed by atoms with Crippen molar-refractivity contribution in [2.45, 2.75) is 6.42 Å². The van der Waals surface area contributed by atoms with E-state index in [0.29, 0.717) is 25.3 Å². The summed E-state index contributed by atoms with van der Waals surface area (Å²) in [7, 11) is 1.62. The van der Waals surface area contributed by atoms with Crippen LogP contribution in [0.25, 0.3) is 0 Å². The first-order valence-corrected chi connectivity index (χ1v) is 6.48. The molecule has 1 heterocycles. The Morgan fingerprint density at radius 3 is 2.89 bits per heavy atom. The van der Waals surface area contributed by atoms with Gasteiger partial charge in [0, 0.05) is 43.7 Å². The number of hydrogen-bond donors (Lipinski definition) is 1. The number of rotatable bonds is 7. The molecule has 0 radical (unpaired) electrons. The van der Waals surface area contributed by atoms with Crippen LogP contribution in [0, 0.1) is 0 Å². The molecule has 0 aliphatic carbocycles. The highest BCUT2D eigenvalue weighted by Crippen LogP contribution is 2.12. The molecule has 6 heteroatoms. The molecule has 1 aromatic heterocycles. The minimum atomic E-state index is -0.131. The van der Waals surface area contributed by atoms with Gasteiger partial charge in [0.15, 0.2) is 0 Å². The first-order valence-electron chi connectivity index (χ1n) is 5.68. The molecule has 0 saturated carbocycles. The van der Waals surface area contributed by atoms with Crippen LogP contribution in [-0.2, 0) is 4.74 Å². The molecule has 0 aliphatic rings. The van der Waals surface area contributed by atoms with Crippen molar-refractivity contribution in [3.05, 3.63) is 28.5 Å². The molecule has 0 unspecified atom stereocenters. The summed E-state index contributed by atoms with van der Waals surface area (Å²) in [4.78, 5) is 17.8. The number of aliphatic hydroxyl groups is 1. The lowest BCUT2D eigenvalue weighted by Gasteiger charge is -2.21. The van der Waals surface area contributed by atoms with Crippen molar-refractivity contribution in [1.29, 1.82) is 0 Å². The maximum absolute atomic E-state index is 12.2. The zero-order valence-electron chi connectivity index (χ0n) is 10.3. The third kappa shape index (κ3) is 4.72. The molecule has 1 aromatic rings. The van der Waals surface area contributed by atoms with Gasteiger partial charge < -0.3 is 14.7 Å². The normalized spacial score (nSPS) is 10.4. The van der Waals surface area contributed by atoms with Gasteiger partial charge in [-0.25, -0.2) is 0 Å². The van der Waals surface area contributed by atoms with Crippen LogP contribution < -0.4 is 0 Å². The third-order valence-electron chi connectivity index (χ3n) is 2.39. The second-order valence-electron chi connectivity index (χ2n) is 3.75. The number of aromatic nitrogens is 1. The van der Waals surface area contributed by atoms with Crippen LogP contribution in [-0.4, -0.2) is 54.3 Å². The van der Waals surface area contributed by atoms with Crippen LogP contribution in [0.3, 0.4) is 0 Å². The van der Waals surface area contributed by atoms with Crippen LogP contribution in [0.15, 0.2) is 22.9 Å². The second kappa shape index (κ2) is 8.18. The minimum absolute atomic E-state index is 0.0554. The summed E-state index contributed by atoms with van der Waals surface area (Å²) in [5.41, 5.74) is 0.509. The van der Waals surface area contributed by atoms with E-state index in [1.165, 1.54) is 6.20 Å². The lowest BCUT2D eigenvalue weighted by Crippen LogP contribution is -2.35. The highest BCUT2D eigenvalue weighted by atomic mass is 79.9. The van der Waals surface area contributed by atoms with Gasteiger partial charge in [-0.15, -0.1) is 0 Å². The molecule has 0 aromatic carbocycles. The summed E-state index contributed by atoms with van der Waals surface area (Å²) in [5.74, 6) is -0.131. The smallest absolute Gasteiger partial charge is 0.255 e. The van der Waals surface area contributed by atoms with Crippen molar-refractivity contribution in [1.82, 2.24) is 9.88 Å². The highest BCUT2D eigenvalue weighted by Gasteiger charge is 2.15. The van der Waals surface area contributed by atoms with Gasteiger partial charge >= 0.3 is 0 Å². The summed E-state index contributed by atoms with van der Waals surface area (Å²) in [6, 6.07) is 1.72. The fraction of sp³-hybridized carbons (Fsp3) is 0.500. The van der Waals surface area contributed by atoms with Gasteiger partial charge in [-0.3, -0.25) is 9.78 Å². The van der Waals surface area contributed by atoms with E-state index in [1.54, 1.807) is 24.3 Å². The lowest BCUT2D eigenvalue weighted by atomic mass is 10.2. The van der Waals surface area contributed by atoms with E-state index >= 15 is 0 Å². The van der Waals surface area contributed by atoms with Crippen molar-refractivity contribution >= 4 is 21.8 Å². The fourth-order valence-electron chi connectivity index (χ4n) is 1.55. The minimum Gasteiger partial charge on any atom is -0.395 e. The number of amides is 1. The van der Waals surface area contributed by atoms with Crippen LogP contribution in [0.1, 0.15) is 16.8 Å². The lowest BCUT2D eigenvalue weighted by molar-refractivity contribution is 0.0701. The number of nitrogens with zero attached hydrogens (tertiary/aromatic N) is 2. The van der Waals surface area contributed by atoms with Gasteiger partial charge in [-0.2, -0.15) is 0 Å². The number of halogens is 1. The molecular formula is C12H17BrN2O3. The Hall–Kier alpha value is -0.980. The Bertz CT molecular complexity index is 387. The number of aliphatic hydroxyl groups excluding tert-OH is 1. The molecular weight excluding hydrogens is 300 g/mol. The van der Waals surface area contributed by atoms with Gasteiger partial charge in [-0.1, -0.05) is 0 Å². The zero-order chi connectivity index (χ0) is 13.4. The standard InChI is InChI=1S/C12H17BrN2O3/c1-18-6-2-3-15(4-5-16)12(17)10-7-11(13)9-14-8-10/h7-9,16H,2-6H2,1H3. The quantitative estimate of drug-likeness (QED) is 0.771. The molecule has 0 saturated heterocycles.